The molecule has 2 heterocycles. The summed E-state index contributed by atoms with van der Waals surface area (Å²) in [6.07, 6.45) is 8.58. The van der Waals surface area contributed by atoms with Gasteiger partial charge in [-0.1, -0.05) is 42.5 Å². The van der Waals surface area contributed by atoms with Gasteiger partial charge in [0, 0.05) is 24.3 Å². The maximum absolute atomic E-state index is 11.6. The molecule has 7 nitrogen and oxygen atoms in total. The molecule has 1 aliphatic rings. The Balaban J connectivity index is 1.60. The average Bonchev–Trinajstić information content (AvgIpc) is 3.31. The highest BCUT2D eigenvalue weighted by atomic mass is 16.7. The second-order valence-corrected chi connectivity index (χ2v) is 9.79. The number of hydrogen-bond acceptors (Lipinski definition) is 6. The molecule has 34 heavy (non-hydrogen) atoms. The Morgan fingerprint density at radius 2 is 1.91 bits per heavy atom. The molecular formula is C27H31N5O2. The van der Waals surface area contributed by atoms with Crippen LogP contribution < -0.4 is 0 Å². The predicted molar refractivity (Wildman–Crippen MR) is 133 cm³/mol. The lowest BCUT2D eigenvalue weighted by Crippen LogP contribution is -2.35. The Labute approximate surface area is 200 Å². The van der Waals surface area contributed by atoms with E-state index >= 15 is 0 Å². The third-order valence-corrected chi connectivity index (χ3v) is 5.92. The molecule has 3 aromatic rings. The minimum absolute atomic E-state index is 0.213. The maximum Gasteiger partial charge on any atom is 0.233 e. The normalized spacial score (nSPS) is 18.3. The summed E-state index contributed by atoms with van der Waals surface area (Å²) in [7, 11) is 0. The number of carbonyl (C=O) groups excluding carboxylic acids is 1. The van der Waals surface area contributed by atoms with Crippen LogP contribution in [0.2, 0.25) is 0 Å². The first kappa shape index (κ1) is 23.7. The van der Waals surface area contributed by atoms with Gasteiger partial charge in [-0.3, -0.25) is 14.6 Å². The molecule has 0 fully saturated rings. The van der Waals surface area contributed by atoms with E-state index in [-0.39, 0.29) is 5.92 Å². The van der Waals surface area contributed by atoms with E-state index in [0.29, 0.717) is 13.0 Å². The topological polar surface area (TPSA) is 79.5 Å². The lowest BCUT2D eigenvalue weighted by molar-refractivity contribution is -0.217. The highest BCUT2D eigenvalue weighted by Gasteiger charge is 2.36. The fourth-order valence-electron chi connectivity index (χ4n) is 4.39. The van der Waals surface area contributed by atoms with Gasteiger partial charge in [-0.25, -0.2) is 5.06 Å². The Morgan fingerprint density at radius 3 is 2.62 bits per heavy atom. The largest absolute Gasteiger partial charge is 0.276 e. The highest BCUT2D eigenvalue weighted by Crippen LogP contribution is 2.38. The van der Waals surface area contributed by atoms with E-state index in [9.17, 15) is 4.79 Å². The first-order chi connectivity index (χ1) is 16.4. The first-order valence-corrected chi connectivity index (χ1v) is 11.6. The molecule has 176 valence electrons. The summed E-state index contributed by atoms with van der Waals surface area (Å²) in [6.45, 7) is 6.30. The van der Waals surface area contributed by atoms with Crippen molar-refractivity contribution in [2.24, 2.45) is 21.4 Å². The summed E-state index contributed by atoms with van der Waals surface area (Å²) in [5.74, 6) is 0.213. The van der Waals surface area contributed by atoms with Crippen molar-refractivity contribution in [1.29, 1.82) is 0 Å². The van der Waals surface area contributed by atoms with Crippen molar-refractivity contribution in [1.82, 2.24) is 10.0 Å². The van der Waals surface area contributed by atoms with E-state index in [1.54, 1.807) is 6.20 Å². The van der Waals surface area contributed by atoms with Crippen LogP contribution in [0.5, 0.6) is 0 Å². The summed E-state index contributed by atoms with van der Waals surface area (Å²) in [6, 6.07) is 18.7. The zero-order valence-electron chi connectivity index (χ0n) is 20.0. The van der Waals surface area contributed by atoms with Gasteiger partial charge in [-0.2, -0.15) is 5.11 Å². The number of carbonyl (C=O) groups is 1. The number of rotatable bonds is 10. The Morgan fingerprint density at radius 1 is 1.09 bits per heavy atom. The minimum atomic E-state index is -0.645. The number of benzene rings is 2. The van der Waals surface area contributed by atoms with Crippen molar-refractivity contribution in [2.75, 3.05) is 6.54 Å². The molecule has 4 rings (SSSR count). The number of aromatic nitrogens is 1. The molecule has 2 unspecified atom stereocenters. The Kier molecular flexibility index (Phi) is 7.12. The second-order valence-electron chi connectivity index (χ2n) is 9.79. The standard InChI is InChI=1S/C27H31N5O2/c1-26(2,3)34-32(20-33)14-12-22(15-21-7-5-4-6-8-21)17-27(19-29-31-30-27)25-10-9-24-18-28-13-11-23(24)16-25/h4-11,13,16,18-20,22H,12,14-15,17H2,1-3H3. The Hall–Kier alpha value is -3.45. The molecule has 0 saturated carbocycles. The van der Waals surface area contributed by atoms with Crippen LogP contribution in [0.4, 0.5) is 0 Å². The van der Waals surface area contributed by atoms with Gasteiger partial charge < -0.3 is 0 Å². The quantitative estimate of drug-likeness (QED) is 0.289. The van der Waals surface area contributed by atoms with Gasteiger partial charge in [0.25, 0.3) is 0 Å². The molecule has 1 aliphatic heterocycles. The van der Waals surface area contributed by atoms with Crippen LogP contribution in [0.25, 0.3) is 10.8 Å². The molecule has 2 aromatic carbocycles. The molecule has 2 atom stereocenters. The van der Waals surface area contributed by atoms with Crippen LogP contribution in [-0.2, 0) is 21.6 Å². The molecule has 1 aromatic heterocycles. The lowest BCUT2D eigenvalue weighted by atomic mass is 9.79. The van der Waals surface area contributed by atoms with E-state index in [4.69, 9.17) is 4.84 Å². The smallest absolute Gasteiger partial charge is 0.233 e. The minimum Gasteiger partial charge on any atom is -0.276 e. The average molecular weight is 458 g/mol. The van der Waals surface area contributed by atoms with E-state index in [1.165, 1.54) is 10.6 Å². The van der Waals surface area contributed by atoms with Crippen molar-refractivity contribution < 1.29 is 9.63 Å². The summed E-state index contributed by atoms with van der Waals surface area (Å²) in [5, 5.41) is 16.3. The van der Waals surface area contributed by atoms with Crippen molar-refractivity contribution in [3.05, 3.63) is 78.1 Å². The van der Waals surface area contributed by atoms with Gasteiger partial charge in [0.1, 0.15) is 5.54 Å². The molecule has 0 aliphatic carbocycles. The number of amides is 1. The van der Waals surface area contributed by atoms with Crippen LogP contribution in [0.1, 0.15) is 44.7 Å². The molecule has 0 saturated heterocycles. The second kappa shape index (κ2) is 10.2. The van der Waals surface area contributed by atoms with Gasteiger partial charge in [0.05, 0.1) is 11.8 Å². The predicted octanol–water partition coefficient (Wildman–Crippen LogP) is 5.71. The van der Waals surface area contributed by atoms with Gasteiger partial charge in [-0.15, -0.1) is 5.10 Å². The van der Waals surface area contributed by atoms with Crippen molar-refractivity contribution in [3.8, 4) is 0 Å². The lowest BCUT2D eigenvalue weighted by Gasteiger charge is -2.31. The third kappa shape index (κ3) is 5.91. The van der Waals surface area contributed by atoms with Gasteiger partial charge in [0.15, 0.2) is 0 Å². The zero-order valence-corrected chi connectivity index (χ0v) is 20.0. The van der Waals surface area contributed by atoms with Gasteiger partial charge >= 0.3 is 0 Å². The maximum atomic E-state index is 11.6. The molecule has 0 bridgehead atoms. The summed E-state index contributed by atoms with van der Waals surface area (Å²) in [5.41, 5.74) is 1.21. The molecular weight excluding hydrogens is 426 g/mol. The molecule has 0 radical (unpaired) electrons. The molecule has 0 spiro atoms. The monoisotopic (exact) mass is 457 g/mol. The van der Waals surface area contributed by atoms with E-state index in [1.807, 2.05) is 45.3 Å². The van der Waals surface area contributed by atoms with Crippen molar-refractivity contribution >= 4 is 23.4 Å². The highest BCUT2D eigenvalue weighted by molar-refractivity contribution is 5.84. The molecule has 0 N–H and O–H groups in total. The first-order valence-electron chi connectivity index (χ1n) is 11.6. The van der Waals surface area contributed by atoms with Gasteiger partial charge in [-0.05, 0) is 79.8 Å². The van der Waals surface area contributed by atoms with Crippen LogP contribution >= 0.6 is 0 Å². The molecule has 1 amide bonds. The summed E-state index contributed by atoms with van der Waals surface area (Å²) in [4.78, 5) is 21.7. The van der Waals surface area contributed by atoms with E-state index in [0.717, 1.165) is 35.6 Å². The van der Waals surface area contributed by atoms with Crippen molar-refractivity contribution in [3.63, 3.8) is 0 Å². The van der Waals surface area contributed by atoms with Crippen LogP contribution in [0.3, 0.4) is 0 Å². The summed E-state index contributed by atoms with van der Waals surface area (Å²) < 4.78 is 0. The van der Waals surface area contributed by atoms with E-state index in [2.05, 4.69) is 62.9 Å². The number of nitrogens with zero attached hydrogens (tertiary/aromatic N) is 5. The summed E-state index contributed by atoms with van der Waals surface area (Å²) >= 11 is 0. The Bertz CT molecular complexity index is 1160. The van der Waals surface area contributed by atoms with Crippen LogP contribution in [0.15, 0.2) is 82.4 Å². The SMILES string of the molecule is CC(C)(C)ON(C=O)CCC(Cc1ccccc1)CC1(c2ccc3cnccc3c2)C=NN=N1. The zero-order chi connectivity index (χ0) is 24.0. The number of fused-ring (bicyclic) bond motifs is 1. The van der Waals surface area contributed by atoms with Crippen LogP contribution in [0, 0.1) is 5.92 Å². The fraction of sp³-hybridized carbons (Fsp3) is 0.370. The fourth-order valence-corrected chi connectivity index (χ4v) is 4.39. The number of hydroxylamine groups is 2. The van der Waals surface area contributed by atoms with E-state index < -0.39 is 11.1 Å². The molecule has 7 heteroatoms. The van der Waals surface area contributed by atoms with Gasteiger partial charge in [0.2, 0.25) is 6.41 Å². The van der Waals surface area contributed by atoms with Crippen LogP contribution in [-0.4, -0.2) is 34.8 Å². The third-order valence-electron chi connectivity index (χ3n) is 5.92. The van der Waals surface area contributed by atoms with Crippen molar-refractivity contribution in [2.45, 2.75) is 51.2 Å². The number of pyridine rings is 1. The number of hydrogen-bond donors (Lipinski definition) is 0.